The fourth-order valence-electron chi connectivity index (χ4n) is 3.55. The van der Waals surface area contributed by atoms with Crippen molar-refractivity contribution < 1.29 is 4.74 Å². The van der Waals surface area contributed by atoms with E-state index >= 15 is 0 Å². The number of unbranched alkanes of at least 4 members (excludes halogenated alkanes) is 11. The molecule has 0 aromatic heterocycles. The number of hydrogen-bond donors (Lipinski definition) is 1. The molecule has 0 aromatic carbocycles. The van der Waals surface area contributed by atoms with E-state index in [2.05, 4.69) is 20.8 Å². The summed E-state index contributed by atoms with van der Waals surface area (Å²) in [6.45, 7) is 7.61. The van der Waals surface area contributed by atoms with Gasteiger partial charge in [-0.3, -0.25) is 0 Å². The fourth-order valence-corrected chi connectivity index (χ4v) is 3.55. The topological polar surface area (TPSA) is 38.5 Å². The third kappa shape index (κ3) is 12.0. The van der Waals surface area contributed by atoms with Gasteiger partial charge in [-0.2, -0.15) is 0 Å². The van der Waals surface area contributed by atoms with Crippen LogP contribution in [-0.2, 0) is 4.74 Å². The van der Waals surface area contributed by atoms with Crippen molar-refractivity contribution in [2.45, 2.75) is 122 Å². The Bertz CT molecular complexity index is 268. The lowest BCUT2D eigenvalue weighted by molar-refractivity contribution is 0.245. The molecule has 1 heterocycles. The maximum absolute atomic E-state index is 6.34. The summed E-state index contributed by atoms with van der Waals surface area (Å²) >= 11 is 0. The molecule has 1 rings (SSSR count). The summed E-state index contributed by atoms with van der Waals surface area (Å²) < 4.78 is 5.39. The second kappa shape index (κ2) is 12.3. The van der Waals surface area contributed by atoms with Gasteiger partial charge in [-0.15, -0.1) is 0 Å². The molecule has 1 aliphatic heterocycles. The minimum atomic E-state index is -0.0519. The summed E-state index contributed by atoms with van der Waals surface area (Å²) in [7, 11) is 0. The Kier molecular flexibility index (Phi) is 11.2. The molecule has 0 spiro atoms. The lowest BCUT2D eigenvalue weighted by Crippen LogP contribution is -2.41. The number of rotatable bonds is 16. The van der Waals surface area contributed by atoms with E-state index in [1.165, 1.54) is 89.9 Å². The Hall–Kier alpha value is -0.0800. The van der Waals surface area contributed by atoms with E-state index in [1.54, 1.807) is 0 Å². The summed E-state index contributed by atoms with van der Waals surface area (Å²) in [4.78, 5) is 0. The predicted molar refractivity (Wildman–Crippen MR) is 102 cm³/mol. The van der Waals surface area contributed by atoms with Crippen LogP contribution >= 0.6 is 0 Å². The highest BCUT2D eigenvalue weighted by Gasteiger charge is 2.32. The van der Waals surface area contributed by atoms with Gasteiger partial charge in [0.25, 0.3) is 0 Å². The first kappa shape index (κ1) is 21.0. The minimum absolute atomic E-state index is 0.0519. The molecule has 0 bridgehead atoms. The molecule has 1 saturated heterocycles. The Labute approximate surface area is 145 Å². The van der Waals surface area contributed by atoms with Crippen LogP contribution in [-0.4, -0.2) is 18.2 Å². The van der Waals surface area contributed by atoms with Gasteiger partial charge in [-0.05, 0) is 32.6 Å². The molecule has 138 valence electrons. The van der Waals surface area contributed by atoms with Crippen LogP contribution in [0, 0.1) is 5.92 Å². The van der Waals surface area contributed by atoms with E-state index in [0.29, 0.717) is 12.0 Å². The molecule has 0 saturated carbocycles. The standard InChI is InChI=1S/C21H43NO/c1-4-5-6-7-8-9-10-11-12-13-14-15-16-19(21(2,3)22)17-20-18-23-20/h19-20H,4-18,22H2,1-3H3. The summed E-state index contributed by atoms with van der Waals surface area (Å²) in [6.07, 6.45) is 20.0. The summed E-state index contributed by atoms with van der Waals surface area (Å²) in [5.41, 5.74) is 6.29. The molecule has 0 radical (unpaired) electrons. The Morgan fingerprint density at radius 1 is 0.870 bits per heavy atom. The first-order valence-electron chi connectivity index (χ1n) is 10.4. The summed E-state index contributed by atoms with van der Waals surface area (Å²) in [5, 5.41) is 0. The predicted octanol–water partition coefficient (Wildman–Crippen LogP) is 6.22. The molecule has 2 heteroatoms. The van der Waals surface area contributed by atoms with Crippen LogP contribution in [0.4, 0.5) is 0 Å². The zero-order valence-electron chi connectivity index (χ0n) is 16.2. The van der Waals surface area contributed by atoms with Crippen LogP contribution in [0.25, 0.3) is 0 Å². The van der Waals surface area contributed by atoms with Gasteiger partial charge in [-0.25, -0.2) is 0 Å². The van der Waals surface area contributed by atoms with E-state index in [-0.39, 0.29) is 5.54 Å². The third-order valence-electron chi connectivity index (χ3n) is 5.41. The maximum Gasteiger partial charge on any atom is 0.0813 e. The molecule has 2 N–H and O–H groups in total. The first-order chi connectivity index (χ1) is 11.0. The lowest BCUT2D eigenvalue weighted by Gasteiger charge is -2.30. The molecule has 0 aromatic rings. The Balaban J connectivity index is 1.88. The monoisotopic (exact) mass is 325 g/mol. The van der Waals surface area contributed by atoms with Gasteiger partial charge < -0.3 is 10.5 Å². The Morgan fingerprint density at radius 3 is 1.70 bits per heavy atom. The number of nitrogens with two attached hydrogens (primary N) is 1. The van der Waals surface area contributed by atoms with Gasteiger partial charge in [0, 0.05) is 5.54 Å². The highest BCUT2D eigenvalue weighted by Crippen LogP contribution is 2.30. The largest absolute Gasteiger partial charge is 0.373 e. The van der Waals surface area contributed by atoms with Crippen molar-refractivity contribution in [3.8, 4) is 0 Å². The van der Waals surface area contributed by atoms with Gasteiger partial charge in [0.15, 0.2) is 0 Å². The molecule has 2 unspecified atom stereocenters. The SMILES string of the molecule is CCCCCCCCCCCCCCC(CC1CO1)C(C)(C)N. The number of ether oxygens (including phenoxy) is 1. The van der Waals surface area contributed by atoms with Gasteiger partial charge >= 0.3 is 0 Å². The van der Waals surface area contributed by atoms with E-state index < -0.39 is 0 Å². The van der Waals surface area contributed by atoms with Crippen LogP contribution < -0.4 is 5.73 Å². The minimum Gasteiger partial charge on any atom is -0.373 e. The highest BCUT2D eigenvalue weighted by atomic mass is 16.6. The lowest BCUT2D eigenvalue weighted by atomic mass is 9.81. The molecule has 2 nitrogen and oxygen atoms in total. The van der Waals surface area contributed by atoms with Crippen LogP contribution in [0.3, 0.4) is 0 Å². The van der Waals surface area contributed by atoms with E-state index in [9.17, 15) is 0 Å². The van der Waals surface area contributed by atoms with Crippen molar-refractivity contribution in [2.75, 3.05) is 6.61 Å². The van der Waals surface area contributed by atoms with Crippen LogP contribution in [0.2, 0.25) is 0 Å². The van der Waals surface area contributed by atoms with E-state index in [0.717, 1.165) is 6.61 Å². The molecule has 23 heavy (non-hydrogen) atoms. The van der Waals surface area contributed by atoms with Crippen LogP contribution in [0.1, 0.15) is 111 Å². The second-order valence-electron chi connectivity index (χ2n) is 8.39. The quantitative estimate of drug-likeness (QED) is 0.270. The summed E-state index contributed by atoms with van der Waals surface area (Å²) in [6, 6.07) is 0. The van der Waals surface area contributed by atoms with Crippen molar-refractivity contribution in [1.82, 2.24) is 0 Å². The van der Waals surface area contributed by atoms with E-state index in [4.69, 9.17) is 10.5 Å². The molecular weight excluding hydrogens is 282 g/mol. The van der Waals surface area contributed by atoms with E-state index in [1.807, 2.05) is 0 Å². The zero-order chi connectivity index (χ0) is 17.0. The number of hydrogen-bond acceptors (Lipinski definition) is 2. The molecule has 1 fully saturated rings. The average molecular weight is 326 g/mol. The fraction of sp³-hybridized carbons (Fsp3) is 1.00. The van der Waals surface area contributed by atoms with Crippen molar-refractivity contribution in [2.24, 2.45) is 11.7 Å². The molecule has 2 atom stereocenters. The maximum atomic E-state index is 6.34. The third-order valence-corrected chi connectivity index (χ3v) is 5.41. The molecule has 0 aliphatic carbocycles. The van der Waals surface area contributed by atoms with Gasteiger partial charge in [0.2, 0.25) is 0 Å². The van der Waals surface area contributed by atoms with Crippen molar-refractivity contribution in [3.63, 3.8) is 0 Å². The average Bonchev–Trinajstić information content (AvgIpc) is 3.30. The second-order valence-corrected chi connectivity index (χ2v) is 8.39. The zero-order valence-corrected chi connectivity index (χ0v) is 16.2. The molecule has 0 amide bonds. The Morgan fingerprint density at radius 2 is 1.30 bits per heavy atom. The smallest absolute Gasteiger partial charge is 0.0813 e. The molecule has 1 aliphatic rings. The van der Waals surface area contributed by atoms with Crippen LogP contribution in [0.15, 0.2) is 0 Å². The van der Waals surface area contributed by atoms with Crippen LogP contribution in [0.5, 0.6) is 0 Å². The number of epoxide rings is 1. The highest BCUT2D eigenvalue weighted by molar-refractivity contribution is 4.86. The van der Waals surface area contributed by atoms with Crippen molar-refractivity contribution >= 4 is 0 Å². The van der Waals surface area contributed by atoms with Gasteiger partial charge in [0.05, 0.1) is 12.7 Å². The van der Waals surface area contributed by atoms with Gasteiger partial charge in [-0.1, -0.05) is 84.0 Å². The van der Waals surface area contributed by atoms with Crippen molar-refractivity contribution in [1.29, 1.82) is 0 Å². The first-order valence-corrected chi connectivity index (χ1v) is 10.4. The van der Waals surface area contributed by atoms with Gasteiger partial charge in [0.1, 0.15) is 0 Å². The summed E-state index contributed by atoms with van der Waals surface area (Å²) in [5.74, 6) is 0.623. The normalized spacial score (nSPS) is 19.0. The molecular formula is C21H43NO. The van der Waals surface area contributed by atoms with Crippen molar-refractivity contribution in [3.05, 3.63) is 0 Å².